The van der Waals surface area contributed by atoms with Crippen molar-refractivity contribution < 1.29 is 9.72 Å². The lowest BCUT2D eigenvalue weighted by Gasteiger charge is -2.16. The van der Waals surface area contributed by atoms with Gasteiger partial charge in [-0.05, 0) is 30.5 Å². The summed E-state index contributed by atoms with van der Waals surface area (Å²) in [5, 5.41) is 10.1. The van der Waals surface area contributed by atoms with E-state index in [1.165, 1.54) is 6.08 Å². The summed E-state index contributed by atoms with van der Waals surface area (Å²) in [6.07, 6.45) is 1.77. The highest BCUT2D eigenvalue weighted by Gasteiger charge is 2.28. The lowest BCUT2D eigenvalue weighted by atomic mass is 9.89. The van der Waals surface area contributed by atoms with E-state index in [2.05, 4.69) is 0 Å². The van der Waals surface area contributed by atoms with Gasteiger partial charge in [-0.15, -0.1) is 0 Å². The fraction of sp³-hybridized carbons (Fsp3) is 0.444. The number of nitro groups is 1. The van der Waals surface area contributed by atoms with Gasteiger partial charge in [-0.3, -0.25) is 14.9 Å². The van der Waals surface area contributed by atoms with Crippen LogP contribution in [0.1, 0.15) is 20.3 Å². The highest BCUT2D eigenvalue weighted by molar-refractivity contribution is 6.67. The second-order valence-corrected chi connectivity index (χ2v) is 3.71. The Kier molecular flexibility index (Phi) is 3.06. The third-order valence-electron chi connectivity index (χ3n) is 2.30. The lowest BCUT2D eigenvalue weighted by Crippen LogP contribution is -2.16. The van der Waals surface area contributed by atoms with Crippen LogP contribution in [0.3, 0.4) is 0 Å². The number of hydrogen-bond acceptors (Lipinski definition) is 3. The van der Waals surface area contributed by atoms with Gasteiger partial charge in [0.2, 0.25) is 10.9 Å². The number of hydrogen-bond donors (Lipinski definition) is 0. The van der Waals surface area contributed by atoms with Crippen LogP contribution >= 0.6 is 11.6 Å². The molecule has 5 heteroatoms. The SMILES string of the molecule is CC1=C(C(=O)Cl)C[C@@H](C)C([N+](=O)[O-])=C1. The first-order chi connectivity index (χ1) is 6.43. The first kappa shape index (κ1) is 10.9. The predicted octanol–water partition coefficient (Wildman–Crippen LogP) is 2.27. The maximum Gasteiger partial charge on any atom is 0.249 e. The van der Waals surface area contributed by atoms with Gasteiger partial charge in [-0.1, -0.05) is 6.92 Å². The molecular formula is C9H10ClNO3. The molecule has 0 spiro atoms. The minimum absolute atomic E-state index is 0.143. The van der Waals surface area contributed by atoms with Crippen molar-refractivity contribution in [3.05, 3.63) is 33.0 Å². The first-order valence-electron chi connectivity index (χ1n) is 4.19. The molecule has 1 aliphatic carbocycles. The van der Waals surface area contributed by atoms with Crippen molar-refractivity contribution in [2.45, 2.75) is 20.3 Å². The Balaban J connectivity index is 3.12. The van der Waals surface area contributed by atoms with E-state index < -0.39 is 10.2 Å². The third kappa shape index (κ3) is 2.01. The zero-order chi connectivity index (χ0) is 10.9. The van der Waals surface area contributed by atoms with E-state index in [0.29, 0.717) is 17.6 Å². The molecule has 0 heterocycles. The number of nitrogens with zero attached hydrogens (tertiary/aromatic N) is 1. The maximum atomic E-state index is 10.9. The Labute approximate surface area is 86.4 Å². The number of carbonyl (C=O) groups excluding carboxylic acids is 1. The third-order valence-corrected chi connectivity index (χ3v) is 2.53. The monoisotopic (exact) mass is 215 g/mol. The normalized spacial score (nSPS) is 21.9. The van der Waals surface area contributed by atoms with Crippen molar-refractivity contribution in [3.63, 3.8) is 0 Å². The molecule has 0 aliphatic heterocycles. The molecule has 14 heavy (non-hydrogen) atoms. The molecule has 0 aromatic rings. The second kappa shape index (κ2) is 3.92. The fourth-order valence-corrected chi connectivity index (χ4v) is 1.72. The van der Waals surface area contributed by atoms with E-state index in [1.54, 1.807) is 13.8 Å². The molecule has 0 radical (unpaired) electrons. The number of halogens is 1. The molecule has 0 saturated heterocycles. The van der Waals surface area contributed by atoms with Crippen LogP contribution in [-0.2, 0) is 4.79 Å². The summed E-state index contributed by atoms with van der Waals surface area (Å²) in [4.78, 5) is 21.1. The van der Waals surface area contributed by atoms with Crippen LogP contribution < -0.4 is 0 Å². The Hall–Kier alpha value is -1.16. The second-order valence-electron chi connectivity index (χ2n) is 3.37. The minimum atomic E-state index is -0.520. The van der Waals surface area contributed by atoms with Gasteiger partial charge in [-0.25, -0.2) is 0 Å². The largest absolute Gasteiger partial charge is 0.276 e. The minimum Gasteiger partial charge on any atom is -0.276 e. The van der Waals surface area contributed by atoms with Crippen LogP contribution in [0.15, 0.2) is 22.9 Å². The topological polar surface area (TPSA) is 60.2 Å². The number of carbonyl (C=O) groups is 1. The molecule has 0 bridgehead atoms. The summed E-state index contributed by atoms with van der Waals surface area (Å²) in [6, 6.07) is 0. The van der Waals surface area contributed by atoms with Crippen LogP contribution in [0.5, 0.6) is 0 Å². The Morgan fingerprint density at radius 2 is 2.29 bits per heavy atom. The Morgan fingerprint density at radius 1 is 1.71 bits per heavy atom. The van der Waals surface area contributed by atoms with E-state index in [-0.39, 0.29) is 11.6 Å². The van der Waals surface area contributed by atoms with Crippen LogP contribution in [0.4, 0.5) is 0 Å². The zero-order valence-corrected chi connectivity index (χ0v) is 8.67. The highest BCUT2D eigenvalue weighted by atomic mass is 35.5. The van der Waals surface area contributed by atoms with E-state index in [4.69, 9.17) is 11.6 Å². The molecule has 0 N–H and O–H groups in total. The van der Waals surface area contributed by atoms with Gasteiger partial charge in [0, 0.05) is 11.6 Å². The van der Waals surface area contributed by atoms with Crippen molar-refractivity contribution in [1.82, 2.24) is 0 Å². The summed E-state index contributed by atoms with van der Waals surface area (Å²) < 4.78 is 0. The van der Waals surface area contributed by atoms with Crippen molar-refractivity contribution >= 4 is 16.8 Å². The average molecular weight is 216 g/mol. The molecule has 0 aromatic carbocycles. The van der Waals surface area contributed by atoms with Crippen molar-refractivity contribution in [3.8, 4) is 0 Å². The summed E-state index contributed by atoms with van der Waals surface area (Å²) in [7, 11) is 0. The van der Waals surface area contributed by atoms with Gasteiger partial charge in [-0.2, -0.15) is 0 Å². The van der Waals surface area contributed by atoms with Crippen LogP contribution in [-0.4, -0.2) is 10.2 Å². The number of rotatable bonds is 2. The van der Waals surface area contributed by atoms with E-state index in [9.17, 15) is 14.9 Å². The number of allylic oxidation sites excluding steroid dienone is 4. The van der Waals surface area contributed by atoms with E-state index in [1.807, 2.05) is 0 Å². The molecule has 1 rings (SSSR count). The fourth-order valence-electron chi connectivity index (χ4n) is 1.49. The lowest BCUT2D eigenvalue weighted by molar-refractivity contribution is -0.433. The van der Waals surface area contributed by atoms with Crippen LogP contribution in [0.25, 0.3) is 0 Å². The average Bonchev–Trinajstić information content (AvgIpc) is 2.07. The van der Waals surface area contributed by atoms with Crippen LogP contribution in [0.2, 0.25) is 0 Å². The van der Waals surface area contributed by atoms with Crippen molar-refractivity contribution in [1.29, 1.82) is 0 Å². The van der Waals surface area contributed by atoms with E-state index >= 15 is 0 Å². The Bertz CT molecular complexity index is 357. The molecular weight excluding hydrogens is 206 g/mol. The van der Waals surface area contributed by atoms with Gasteiger partial charge < -0.3 is 0 Å². The maximum absolute atomic E-state index is 10.9. The quantitative estimate of drug-likeness (QED) is 0.403. The summed E-state index contributed by atoms with van der Waals surface area (Å²) in [5.74, 6) is -0.258. The van der Waals surface area contributed by atoms with Gasteiger partial charge in [0.05, 0.1) is 10.8 Å². The van der Waals surface area contributed by atoms with Gasteiger partial charge in [0.15, 0.2) is 0 Å². The smallest absolute Gasteiger partial charge is 0.249 e. The molecule has 1 atom stereocenters. The molecule has 0 fully saturated rings. The van der Waals surface area contributed by atoms with Crippen molar-refractivity contribution in [2.24, 2.45) is 5.92 Å². The molecule has 76 valence electrons. The standard InChI is InChI=1S/C9H10ClNO3/c1-5-4-8(11(13)14)6(2)3-7(5)9(10)12/h4,6H,3H2,1-2H3/t6-/m1/s1. The van der Waals surface area contributed by atoms with E-state index in [0.717, 1.165) is 0 Å². The molecule has 0 amide bonds. The molecule has 1 aliphatic rings. The summed E-state index contributed by atoms with van der Waals surface area (Å²) in [6.45, 7) is 3.37. The van der Waals surface area contributed by atoms with Gasteiger partial charge >= 0.3 is 0 Å². The van der Waals surface area contributed by atoms with Crippen molar-refractivity contribution in [2.75, 3.05) is 0 Å². The highest BCUT2D eigenvalue weighted by Crippen LogP contribution is 2.30. The summed E-state index contributed by atoms with van der Waals surface area (Å²) >= 11 is 5.35. The molecule has 0 unspecified atom stereocenters. The van der Waals surface area contributed by atoms with Gasteiger partial charge in [0.25, 0.3) is 0 Å². The van der Waals surface area contributed by atoms with Gasteiger partial charge in [0.1, 0.15) is 0 Å². The van der Waals surface area contributed by atoms with Crippen LogP contribution in [0, 0.1) is 16.0 Å². The zero-order valence-electron chi connectivity index (χ0n) is 7.91. The molecule has 0 saturated carbocycles. The predicted molar refractivity (Wildman–Crippen MR) is 52.4 cm³/mol. The first-order valence-corrected chi connectivity index (χ1v) is 4.57. The molecule has 0 aromatic heterocycles. The summed E-state index contributed by atoms with van der Waals surface area (Å²) in [5.41, 5.74) is 1.21. The Morgan fingerprint density at radius 3 is 2.71 bits per heavy atom. The molecule has 4 nitrogen and oxygen atoms in total.